The van der Waals surface area contributed by atoms with Gasteiger partial charge in [-0.3, -0.25) is 33.8 Å². The highest BCUT2D eigenvalue weighted by Gasteiger charge is 2.76. The van der Waals surface area contributed by atoms with Crippen LogP contribution in [-0.2, 0) is 19.2 Å². The molecule has 3 fully saturated rings. The zero-order valence-corrected chi connectivity index (χ0v) is 28.0. The van der Waals surface area contributed by atoms with Crippen LogP contribution in [0.3, 0.4) is 0 Å². The van der Waals surface area contributed by atoms with Crippen LogP contribution in [0.15, 0.2) is 84.4 Å². The van der Waals surface area contributed by atoms with Crippen LogP contribution in [0.5, 0.6) is 11.5 Å². The number of phenols is 1. The van der Waals surface area contributed by atoms with E-state index in [1.165, 1.54) is 19.2 Å². The molecule has 1 N–H and O–H groups in total. The van der Waals surface area contributed by atoms with E-state index in [0.29, 0.717) is 28.0 Å². The molecule has 6 atom stereocenters. The number of methoxy groups -OCH3 is 1. The van der Waals surface area contributed by atoms with Crippen molar-refractivity contribution in [3.8, 4) is 11.5 Å². The number of likely N-dealkylation sites (tertiary alicyclic amines) is 1. The molecule has 3 aromatic carbocycles. The van der Waals surface area contributed by atoms with E-state index in [1.807, 2.05) is 12.1 Å². The Balaban J connectivity index is 1.29. The number of carbonyl (C=O) groups excluding carboxylic acids is 5. The van der Waals surface area contributed by atoms with Crippen molar-refractivity contribution in [3.63, 3.8) is 0 Å². The molecule has 0 spiro atoms. The number of fused-ring (bicyclic) bond motifs is 4. The highest BCUT2D eigenvalue weighted by Crippen LogP contribution is 2.65. The van der Waals surface area contributed by atoms with E-state index in [4.69, 9.17) is 27.9 Å². The first-order valence-corrected chi connectivity index (χ1v) is 16.8. The van der Waals surface area contributed by atoms with Gasteiger partial charge in [-0.1, -0.05) is 64.0 Å². The number of aromatic hydroxyl groups is 1. The molecule has 2 saturated heterocycles. The number of benzene rings is 3. The van der Waals surface area contributed by atoms with Crippen LogP contribution in [0.4, 0.5) is 5.69 Å². The van der Waals surface area contributed by atoms with Gasteiger partial charge in [0.25, 0.3) is 11.8 Å². The Labute approximate surface area is 288 Å². The number of amides is 4. The number of ketones is 1. The monoisotopic (exact) mass is 736 g/mol. The van der Waals surface area contributed by atoms with E-state index in [-0.39, 0.29) is 35.6 Å². The number of halogens is 3. The van der Waals surface area contributed by atoms with Crippen molar-refractivity contribution in [1.29, 1.82) is 0 Å². The summed E-state index contributed by atoms with van der Waals surface area (Å²) in [5, 5.41) is 10.7. The standard InChI is InChI=1S/C35H27BrCl2N2O7/c1-47-26-14-9-20(15-25(26)41)28-22-12-13-23-27(24(22)16-34(37)32(45)39(17-36)33(46)35(28,34)38)31(44)40(30(23)43)21-10-7-19(8-11-21)29(42)18-5-3-2-4-6-18/h2-12,14-15,23-24,27-28,41H,13,16-17H2,1H3. The van der Waals surface area contributed by atoms with Crippen LogP contribution >= 0.6 is 39.1 Å². The topological polar surface area (TPSA) is 121 Å². The molecule has 3 aromatic rings. The summed E-state index contributed by atoms with van der Waals surface area (Å²) >= 11 is 17.7. The normalized spacial score (nSPS) is 29.7. The molecular formula is C35H27BrCl2N2O7. The fourth-order valence-corrected chi connectivity index (χ4v) is 9.21. The van der Waals surface area contributed by atoms with E-state index in [9.17, 15) is 29.1 Å². The zero-order valence-electron chi connectivity index (χ0n) is 24.9. The van der Waals surface area contributed by atoms with Gasteiger partial charge < -0.3 is 9.84 Å². The first kappa shape index (κ1) is 31.6. The first-order chi connectivity index (χ1) is 22.5. The van der Waals surface area contributed by atoms with Crippen LogP contribution in [0.2, 0.25) is 0 Å². The van der Waals surface area contributed by atoms with Crippen LogP contribution in [0.1, 0.15) is 40.2 Å². The Morgan fingerprint density at radius 3 is 2.26 bits per heavy atom. The lowest BCUT2D eigenvalue weighted by Gasteiger charge is -2.50. The molecule has 7 rings (SSSR count). The Hall–Kier alpha value is -3.99. The fourth-order valence-electron chi connectivity index (χ4n) is 7.79. The lowest BCUT2D eigenvalue weighted by Crippen LogP contribution is -2.60. The smallest absolute Gasteiger partial charge is 0.254 e. The lowest BCUT2D eigenvalue weighted by molar-refractivity contribution is -0.138. The van der Waals surface area contributed by atoms with Gasteiger partial charge >= 0.3 is 0 Å². The summed E-state index contributed by atoms with van der Waals surface area (Å²) in [6.07, 6.45) is 1.85. The van der Waals surface area contributed by atoms with Gasteiger partial charge in [0.2, 0.25) is 11.8 Å². The van der Waals surface area contributed by atoms with Crippen LogP contribution in [0, 0.1) is 17.8 Å². The Bertz CT molecular complexity index is 1900. The molecule has 0 bridgehead atoms. The van der Waals surface area contributed by atoms with E-state index in [1.54, 1.807) is 54.6 Å². The Kier molecular flexibility index (Phi) is 7.61. The summed E-state index contributed by atoms with van der Waals surface area (Å²) in [5.41, 5.74) is 2.10. The van der Waals surface area contributed by atoms with Crippen LogP contribution in [-0.4, -0.2) is 61.7 Å². The van der Waals surface area contributed by atoms with Gasteiger partial charge in [0, 0.05) is 17.0 Å². The number of ether oxygens (including phenoxy) is 1. The minimum Gasteiger partial charge on any atom is -0.504 e. The number of phenolic OH excluding ortho intramolecular Hbond substituents is 1. The second-order valence-electron chi connectivity index (χ2n) is 12.2. The van der Waals surface area contributed by atoms with Gasteiger partial charge in [0.15, 0.2) is 27.0 Å². The molecule has 0 radical (unpaired) electrons. The Morgan fingerprint density at radius 2 is 1.62 bits per heavy atom. The predicted molar refractivity (Wildman–Crippen MR) is 177 cm³/mol. The lowest BCUT2D eigenvalue weighted by atomic mass is 9.56. The molecule has 1 saturated carbocycles. The van der Waals surface area contributed by atoms with E-state index >= 15 is 0 Å². The second-order valence-corrected chi connectivity index (χ2v) is 13.9. The molecule has 2 aliphatic heterocycles. The Morgan fingerprint density at radius 1 is 0.936 bits per heavy atom. The number of imide groups is 2. The zero-order chi connectivity index (χ0) is 33.4. The van der Waals surface area contributed by atoms with Crippen molar-refractivity contribution in [1.82, 2.24) is 4.90 Å². The highest BCUT2D eigenvalue weighted by molar-refractivity contribution is 9.09. The number of hydrogen-bond donors (Lipinski definition) is 1. The van der Waals surface area contributed by atoms with Crippen molar-refractivity contribution in [2.75, 3.05) is 17.5 Å². The van der Waals surface area contributed by atoms with E-state index < -0.39 is 57.0 Å². The SMILES string of the molecule is COc1ccc(C2C3=CCC4C(=O)N(c5ccc(C(=O)c6ccccc6)cc5)C(=O)C4C3CC3(Cl)C(=O)N(CBr)C(=O)C23Cl)cc1O. The molecule has 9 nitrogen and oxygen atoms in total. The number of allylic oxidation sites excluding steroid dienone is 2. The molecule has 2 heterocycles. The van der Waals surface area contributed by atoms with Gasteiger partial charge in [0.05, 0.1) is 30.1 Å². The van der Waals surface area contributed by atoms with Gasteiger partial charge in [-0.25, -0.2) is 0 Å². The number of alkyl halides is 3. The summed E-state index contributed by atoms with van der Waals surface area (Å²) in [7, 11) is 1.40. The summed E-state index contributed by atoms with van der Waals surface area (Å²) in [5.74, 6) is -5.84. The van der Waals surface area contributed by atoms with Crippen molar-refractivity contribution in [2.45, 2.75) is 28.5 Å². The minimum absolute atomic E-state index is 0.141. The van der Waals surface area contributed by atoms with Crippen LogP contribution in [0.25, 0.3) is 0 Å². The summed E-state index contributed by atoms with van der Waals surface area (Å²) in [6, 6.07) is 19.7. The molecule has 2 aliphatic carbocycles. The van der Waals surface area contributed by atoms with Crippen LogP contribution < -0.4 is 9.64 Å². The van der Waals surface area contributed by atoms with Gasteiger partial charge in [0.1, 0.15) is 0 Å². The molecule has 240 valence electrons. The molecule has 6 unspecified atom stereocenters. The molecule has 4 amide bonds. The molecule has 4 aliphatic rings. The van der Waals surface area contributed by atoms with E-state index in [0.717, 1.165) is 9.80 Å². The molecule has 0 aromatic heterocycles. The first-order valence-electron chi connectivity index (χ1n) is 14.9. The number of hydrogen-bond acceptors (Lipinski definition) is 7. The predicted octanol–water partition coefficient (Wildman–Crippen LogP) is 5.55. The number of carbonyl (C=O) groups is 5. The van der Waals surface area contributed by atoms with E-state index in [2.05, 4.69) is 15.9 Å². The fraction of sp³-hybridized carbons (Fsp3) is 0.286. The maximum absolute atomic E-state index is 14.3. The summed E-state index contributed by atoms with van der Waals surface area (Å²) in [4.78, 5) is 67.0. The number of rotatable bonds is 6. The van der Waals surface area contributed by atoms with Crippen molar-refractivity contribution < 1.29 is 33.8 Å². The molecule has 47 heavy (non-hydrogen) atoms. The highest BCUT2D eigenvalue weighted by atomic mass is 79.9. The maximum Gasteiger partial charge on any atom is 0.254 e. The third-order valence-corrected chi connectivity index (χ3v) is 11.9. The van der Waals surface area contributed by atoms with Crippen molar-refractivity contribution >= 4 is 74.2 Å². The minimum atomic E-state index is -1.98. The average molecular weight is 738 g/mol. The van der Waals surface area contributed by atoms with Gasteiger partial charge in [-0.05, 0) is 60.7 Å². The summed E-state index contributed by atoms with van der Waals surface area (Å²) in [6.45, 7) is 0. The maximum atomic E-state index is 14.3. The third-order valence-electron chi connectivity index (χ3n) is 9.97. The second kappa shape index (κ2) is 11.3. The molecule has 12 heteroatoms. The summed E-state index contributed by atoms with van der Waals surface area (Å²) < 4.78 is 5.21. The quantitative estimate of drug-likeness (QED) is 0.116. The largest absolute Gasteiger partial charge is 0.504 e. The van der Waals surface area contributed by atoms with Crippen molar-refractivity contribution in [3.05, 3.63) is 101 Å². The average Bonchev–Trinajstić information content (AvgIpc) is 3.42. The molecular weight excluding hydrogens is 711 g/mol. The number of anilines is 1. The third kappa shape index (κ3) is 4.37. The van der Waals surface area contributed by atoms with Gasteiger partial charge in [-0.15, -0.1) is 23.2 Å². The van der Waals surface area contributed by atoms with Gasteiger partial charge in [-0.2, -0.15) is 0 Å². The number of nitrogens with zero attached hydrogens (tertiary/aromatic N) is 2. The van der Waals surface area contributed by atoms with Crippen molar-refractivity contribution in [2.24, 2.45) is 17.8 Å².